The molecule has 3 N–H and O–H groups in total. The van der Waals surface area contributed by atoms with Crippen LogP contribution in [-0.4, -0.2) is 42.5 Å². The summed E-state index contributed by atoms with van der Waals surface area (Å²) in [5, 5.41) is 2.92. The maximum Gasteiger partial charge on any atom is 0.221 e. The first kappa shape index (κ1) is 19.3. The molecular formula is C11H25Cl2N3O. The predicted octanol–water partition coefficient (Wildman–Crippen LogP) is 1.17. The maximum atomic E-state index is 11.4. The van der Waals surface area contributed by atoms with Crippen LogP contribution >= 0.6 is 24.8 Å². The van der Waals surface area contributed by atoms with Crippen LogP contribution in [0.25, 0.3) is 0 Å². The number of rotatable bonds is 6. The van der Waals surface area contributed by atoms with Gasteiger partial charge in [0.1, 0.15) is 0 Å². The molecule has 6 heteroatoms. The van der Waals surface area contributed by atoms with E-state index >= 15 is 0 Å². The number of likely N-dealkylation sites (N-methyl/N-ethyl adjacent to an activating group) is 1. The Bertz CT molecular complexity index is 223. The molecule has 0 aliphatic heterocycles. The van der Waals surface area contributed by atoms with Crippen molar-refractivity contribution in [3.63, 3.8) is 0 Å². The Balaban J connectivity index is 0. The summed E-state index contributed by atoms with van der Waals surface area (Å²) >= 11 is 0. The van der Waals surface area contributed by atoms with E-state index < -0.39 is 0 Å². The summed E-state index contributed by atoms with van der Waals surface area (Å²) in [4.78, 5) is 13.7. The van der Waals surface area contributed by atoms with Crippen molar-refractivity contribution in [2.45, 2.75) is 51.2 Å². The molecule has 1 fully saturated rings. The van der Waals surface area contributed by atoms with Crippen molar-refractivity contribution in [1.29, 1.82) is 0 Å². The van der Waals surface area contributed by atoms with Crippen LogP contribution in [0.3, 0.4) is 0 Å². The zero-order valence-electron chi connectivity index (χ0n) is 10.8. The van der Waals surface area contributed by atoms with Crippen molar-refractivity contribution in [1.82, 2.24) is 10.2 Å². The van der Waals surface area contributed by atoms with Crippen LogP contribution in [0.2, 0.25) is 0 Å². The van der Waals surface area contributed by atoms with Gasteiger partial charge in [0.05, 0.1) is 0 Å². The lowest BCUT2D eigenvalue weighted by Gasteiger charge is -2.24. The minimum Gasteiger partial charge on any atom is -0.354 e. The number of nitrogens with zero attached hydrogens (tertiary/aromatic N) is 1. The third-order valence-corrected chi connectivity index (χ3v) is 2.92. The SMILES string of the molecule is CC(N)CC(=O)NCC(C)N(C)C1CC1.Cl.Cl. The largest absolute Gasteiger partial charge is 0.354 e. The third-order valence-electron chi connectivity index (χ3n) is 2.92. The van der Waals surface area contributed by atoms with E-state index in [1.54, 1.807) is 0 Å². The van der Waals surface area contributed by atoms with Crippen molar-refractivity contribution in [3.05, 3.63) is 0 Å². The molecule has 0 aromatic carbocycles. The average Bonchev–Trinajstić information content (AvgIpc) is 2.95. The first-order valence-corrected chi connectivity index (χ1v) is 5.75. The summed E-state index contributed by atoms with van der Waals surface area (Å²) in [6.45, 7) is 4.71. The standard InChI is InChI=1S/C11H23N3O.2ClH/c1-8(12)6-11(15)13-7-9(2)14(3)10-4-5-10;;/h8-10H,4-7,12H2,1-3H3,(H,13,15);2*1H. The van der Waals surface area contributed by atoms with Gasteiger partial charge in [0, 0.05) is 31.1 Å². The molecule has 1 saturated carbocycles. The molecule has 2 unspecified atom stereocenters. The summed E-state index contributed by atoms with van der Waals surface area (Å²) in [5.74, 6) is 0.0565. The molecule has 104 valence electrons. The predicted molar refractivity (Wildman–Crippen MR) is 76.0 cm³/mol. The van der Waals surface area contributed by atoms with Gasteiger partial charge >= 0.3 is 0 Å². The molecule has 1 aliphatic rings. The molecule has 0 spiro atoms. The summed E-state index contributed by atoms with van der Waals surface area (Å²) < 4.78 is 0. The number of hydrogen-bond acceptors (Lipinski definition) is 3. The second-order valence-corrected chi connectivity index (χ2v) is 4.73. The molecule has 0 bridgehead atoms. The van der Waals surface area contributed by atoms with Crippen molar-refractivity contribution >= 4 is 30.7 Å². The number of halogens is 2. The van der Waals surface area contributed by atoms with Gasteiger partial charge in [-0.2, -0.15) is 0 Å². The Hall–Kier alpha value is -0.0300. The first-order chi connectivity index (χ1) is 7.00. The van der Waals surface area contributed by atoms with Crippen LogP contribution in [0.1, 0.15) is 33.1 Å². The summed E-state index contributed by atoms with van der Waals surface area (Å²) in [6.07, 6.45) is 3.02. The van der Waals surface area contributed by atoms with E-state index in [4.69, 9.17) is 5.73 Å². The van der Waals surface area contributed by atoms with Gasteiger partial charge in [0.25, 0.3) is 0 Å². The van der Waals surface area contributed by atoms with Crippen molar-refractivity contribution in [2.24, 2.45) is 5.73 Å². The molecule has 0 heterocycles. The van der Waals surface area contributed by atoms with Crippen LogP contribution in [0.5, 0.6) is 0 Å². The normalized spacial score (nSPS) is 17.7. The fourth-order valence-corrected chi connectivity index (χ4v) is 1.61. The van der Waals surface area contributed by atoms with Gasteiger partial charge in [-0.05, 0) is 33.7 Å². The number of hydrogen-bond donors (Lipinski definition) is 2. The van der Waals surface area contributed by atoms with Gasteiger partial charge in [-0.1, -0.05) is 0 Å². The topological polar surface area (TPSA) is 58.4 Å². The molecule has 0 radical (unpaired) electrons. The highest BCUT2D eigenvalue weighted by Gasteiger charge is 2.29. The molecule has 4 nitrogen and oxygen atoms in total. The Labute approximate surface area is 117 Å². The van der Waals surface area contributed by atoms with E-state index in [1.807, 2.05) is 6.92 Å². The minimum absolute atomic E-state index is 0. The van der Waals surface area contributed by atoms with Crippen LogP contribution < -0.4 is 11.1 Å². The zero-order valence-corrected chi connectivity index (χ0v) is 12.4. The minimum atomic E-state index is -0.0542. The highest BCUT2D eigenvalue weighted by Crippen LogP contribution is 2.26. The number of carbonyl (C=O) groups excluding carboxylic acids is 1. The summed E-state index contributed by atoms with van der Waals surface area (Å²) in [5.41, 5.74) is 5.55. The smallest absolute Gasteiger partial charge is 0.221 e. The highest BCUT2D eigenvalue weighted by molar-refractivity contribution is 5.85. The highest BCUT2D eigenvalue weighted by atomic mass is 35.5. The van der Waals surface area contributed by atoms with Crippen LogP contribution in [0.15, 0.2) is 0 Å². The van der Waals surface area contributed by atoms with E-state index in [0.29, 0.717) is 12.5 Å². The third kappa shape index (κ3) is 7.82. The van der Waals surface area contributed by atoms with Crippen LogP contribution in [0, 0.1) is 0 Å². The summed E-state index contributed by atoms with van der Waals surface area (Å²) in [7, 11) is 2.13. The second-order valence-electron chi connectivity index (χ2n) is 4.73. The molecule has 0 aromatic rings. The van der Waals surface area contributed by atoms with Gasteiger partial charge in [0.2, 0.25) is 5.91 Å². The Morgan fingerprint density at radius 1 is 1.41 bits per heavy atom. The fraction of sp³-hybridized carbons (Fsp3) is 0.909. The first-order valence-electron chi connectivity index (χ1n) is 5.75. The van der Waals surface area contributed by atoms with Crippen molar-refractivity contribution in [2.75, 3.05) is 13.6 Å². The Kier molecular flexibility index (Phi) is 10.2. The Morgan fingerprint density at radius 2 is 1.94 bits per heavy atom. The molecule has 0 aromatic heterocycles. The van der Waals surface area contributed by atoms with Gasteiger partial charge in [0.15, 0.2) is 0 Å². The number of nitrogens with one attached hydrogen (secondary N) is 1. The lowest BCUT2D eigenvalue weighted by atomic mass is 10.2. The fourth-order valence-electron chi connectivity index (χ4n) is 1.61. The zero-order chi connectivity index (χ0) is 11.4. The lowest BCUT2D eigenvalue weighted by Crippen LogP contribution is -2.42. The average molecular weight is 286 g/mol. The van der Waals surface area contributed by atoms with Crippen molar-refractivity contribution < 1.29 is 4.79 Å². The number of nitrogens with two attached hydrogens (primary N) is 1. The number of carbonyl (C=O) groups is 1. The maximum absolute atomic E-state index is 11.4. The van der Waals surface area contributed by atoms with Crippen molar-refractivity contribution in [3.8, 4) is 0 Å². The molecule has 2 atom stereocenters. The van der Waals surface area contributed by atoms with E-state index in [-0.39, 0.29) is 36.8 Å². The van der Waals surface area contributed by atoms with Gasteiger partial charge in [-0.15, -0.1) is 24.8 Å². The molecule has 1 amide bonds. The van der Waals surface area contributed by atoms with Crippen LogP contribution in [-0.2, 0) is 4.79 Å². The molecule has 0 saturated heterocycles. The summed E-state index contributed by atoms with van der Waals surface area (Å²) in [6, 6.07) is 1.10. The monoisotopic (exact) mass is 285 g/mol. The van der Waals surface area contributed by atoms with E-state index in [2.05, 4.69) is 24.2 Å². The second kappa shape index (κ2) is 8.97. The Morgan fingerprint density at radius 3 is 2.35 bits per heavy atom. The van der Waals surface area contributed by atoms with Gasteiger partial charge in [-0.3, -0.25) is 9.69 Å². The van der Waals surface area contributed by atoms with E-state index in [9.17, 15) is 4.79 Å². The molecule has 1 aliphatic carbocycles. The quantitative estimate of drug-likeness (QED) is 0.770. The van der Waals surface area contributed by atoms with Crippen LogP contribution in [0.4, 0.5) is 0 Å². The van der Waals surface area contributed by atoms with Gasteiger partial charge in [-0.25, -0.2) is 0 Å². The van der Waals surface area contributed by atoms with E-state index in [0.717, 1.165) is 12.6 Å². The number of amides is 1. The molecule has 17 heavy (non-hydrogen) atoms. The molecule has 1 rings (SSSR count). The molecular weight excluding hydrogens is 261 g/mol. The lowest BCUT2D eigenvalue weighted by molar-refractivity contribution is -0.121. The van der Waals surface area contributed by atoms with Gasteiger partial charge < -0.3 is 11.1 Å². The van der Waals surface area contributed by atoms with E-state index in [1.165, 1.54) is 12.8 Å².